The zero-order valence-electron chi connectivity index (χ0n) is 11.6. The third-order valence-corrected chi connectivity index (χ3v) is 5.18. The number of rotatable bonds is 5. The Balaban J connectivity index is 1.72. The first-order valence-electron chi connectivity index (χ1n) is 6.47. The molecular formula is C15H10BrN3O2S2. The number of thiazole rings is 1. The minimum atomic E-state index is -0.931. The van der Waals surface area contributed by atoms with Gasteiger partial charge in [-0.15, -0.1) is 0 Å². The topological polar surface area (TPSA) is 75.1 Å². The Kier molecular flexibility index (Phi) is 4.94. The van der Waals surface area contributed by atoms with Gasteiger partial charge in [-0.25, -0.2) is 14.8 Å². The van der Waals surface area contributed by atoms with E-state index in [4.69, 9.17) is 5.11 Å². The average Bonchev–Trinajstić information content (AvgIpc) is 2.94. The van der Waals surface area contributed by atoms with Crippen molar-refractivity contribution in [3.05, 3.63) is 58.8 Å². The fourth-order valence-corrected chi connectivity index (χ4v) is 4.02. The molecule has 23 heavy (non-hydrogen) atoms. The van der Waals surface area contributed by atoms with Gasteiger partial charge in [0.25, 0.3) is 0 Å². The fraction of sp³-hybridized carbons (Fsp3) is 0. The van der Waals surface area contributed by atoms with Crippen LogP contribution in [0.15, 0.2) is 62.4 Å². The smallest absolute Gasteiger partial charge is 0.335 e. The van der Waals surface area contributed by atoms with E-state index in [2.05, 4.69) is 31.2 Å². The van der Waals surface area contributed by atoms with Gasteiger partial charge in [0.1, 0.15) is 10.4 Å². The first kappa shape index (κ1) is 16.0. The molecule has 0 saturated heterocycles. The second-order valence-corrected chi connectivity index (χ2v) is 7.61. The maximum atomic E-state index is 11.0. The van der Waals surface area contributed by atoms with Gasteiger partial charge in [0, 0.05) is 4.90 Å². The quantitative estimate of drug-likeness (QED) is 0.586. The summed E-state index contributed by atoms with van der Waals surface area (Å²) in [5.74, 6) is -0.224. The van der Waals surface area contributed by atoms with E-state index in [1.165, 1.54) is 23.1 Å². The molecular weight excluding hydrogens is 398 g/mol. The van der Waals surface area contributed by atoms with Crippen LogP contribution in [-0.4, -0.2) is 21.0 Å². The van der Waals surface area contributed by atoms with Crippen molar-refractivity contribution in [1.29, 1.82) is 0 Å². The highest BCUT2D eigenvalue weighted by Gasteiger charge is 2.08. The Hall–Kier alpha value is -1.90. The lowest BCUT2D eigenvalue weighted by Crippen LogP contribution is -1.95. The second kappa shape index (κ2) is 7.12. The number of carboxylic acid groups (broad SMARTS) is 1. The van der Waals surface area contributed by atoms with E-state index in [0.717, 1.165) is 18.8 Å². The molecule has 0 saturated carbocycles. The molecule has 0 aliphatic rings. The number of pyridine rings is 1. The van der Waals surface area contributed by atoms with E-state index in [1.54, 1.807) is 24.4 Å². The van der Waals surface area contributed by atoms with Crippen LogP contribution in [0.4, 0.5) is 10.9 Å². The average molecular weight is 408 g/mol. The van der Waals surface area contributed by atoms with Crippen LogP contribution < -0.4 is 5.32 Å². The van der Waals surface area contributed by atoms with Crippen LogP contribution in [0.2, 0.25) is 0 Å². The second-order valence-electron chi connectivity index (χ2n) is 4.39. The molecule has 0 fully saturated rings. The molecule has 2 aromatic heterocycles. The summed E-state index contributed by atoms with van der Waals surface area (Å²) in [4.78, 5) is 20.5. The van der Waals surface area contributed by atoms with Crippen LogP contribution >= 0.6 is 39.0 Å². The lowest BCUT2D eigenvalue weighted by atomic mass is 10.2. The van der Waals surface area contributed by atoms with Crippen molar-refractivity contribution < 1.29 is 9.90 Å². The van der Waals surface area contributed by atoms with Crippen LogP contribution in [0.25, 0.3) is 0 Å². The number of aromatic carboxylic acids is 1. The Bertz CT molecular complexity index is 854. The van der Waals surface area contributed by atoms with E-state index in [9.17, 15) is 4.79 Å². The number of halogens is 1. The standard InChI is InChI=1S/C15H10BrN3O2S2/c16-11-5-2-6-12(18-11)19-15-17-8-13(23-15)22-10-4-1-3-9(7-10)14(20)21/h1-8H,(H,20,21)(H,17,18,19). The van der Waals surface area contributed by atoms with Crippen molar-refractivity contribution in [3.8, 4) is 0 Å². The Labute approximate surface area is 148 Å². The largest absolute Gasteiger partial charge is 0.478 e. The van der Waals surface area contributed by atoms with E-state index >= 15 is 0 Å². The molecule has 2 heterocycles. The first-order chi connectivity index (χ1) is 11.1. The fourth-order valence-electron chi connectivity index (χ4n) is 1.76. The molecule has 0 unspecified atom stereocenters. The molecule has 2 N–H and O–H groups in total. The number of hydrogen-bond donors (Lipinski definition) is 2. The minimum absolute atomic E-state index is 0.274. The van der Waals surface area contributed by atoms with Crippen molar-refractivity contribution >= 4 is 55.9 Å². The van der Waals surface area contributed by atoms with Crippen LogP contribution in [0.1, 0.15) is 10.4 Å². The number of nitrogens with zero attached hydrogens (tertiary/aromatic N) is 2. The molecule has 0 atom stereocenters. The maximum Gasteiger partial charge on any atom is 0.335 e. The molecule has 5 nitrogen and oxygen atoms in total. The SMILES string of the molecule is O=C(O)c1cccc(Sc2cnc(Nc3cccc(Br)n3)s2)c1. The van der Waals surface area contributed by atoms with Crippen molar-refractivity contribution in [2.45, 2.75) is 9.10 Å². The van der Waals surface area contributed by atoms with E-state index in [-0.39, 0.29) is 5.56 Å². The summed E-state index contributed by atoms with van der Waals surface area (Å²) >= 11 is 6.28. The lowest BCUT2D eigenvalue weighted by molar-refractivity contribution is 0.0696. The number of hydrogen-bond acceptors (Lipinski definition) is 6. The molecule has 3 aromatic rings. The van der Waals surface area contributed by atoms with Crippen LogP contribution in [0.5, 0.6) is 0 Å². The van der Waals surface area contributed by atoms with Crippen LogP contribution in [0, 0.1) is 0 Å². The molecule has 0 aliphatic heterocycles. The van der Waals surface area contributed by atoms with Crippen molar-refractivity contribution in [2.75, 3.05) is 5.32 Å². The monoisotopic (exact) mass is 407 g/mol. The predicted octanol–water partition coefficient (Wildman–Crippen LogP) is 4.89. The van der Waals surface area contributed by atoms with Crippen molar-refractivity contribution in [1.82, 2.24) is 9.97 Å². The van der Waals surface area contributed by atoms with Gasteiger partial charge in [0.05, 0.1) is 16.0 Å². The molecule has 1 aromatic carbocycles. The normalized spacial score (nSPS) is 10.5. The zero-order chi connectivity index (χ0) is 16.2. The third kappa shape index (κ3) is 4.31. The van der Waals surface area contributed by atoms with Crippen molar-refractivity contribution in [2.24, 2.45) is 0 Å². The molecule has 8 heteroatoms. The first-order valence-corrected chi connectivity index (χ1v) is 8.89. The maximum absolute atomic E-state index is 11.0. The highest BCUT2D eigenvalue weighted by molar-refractivity contribution is 9.10. The predicted molar refractivity (Wildman–Crippen MR) is 94.9 cm³/mol. The number of carboxylic acids is 1. The summed E-state index contributed by atoms with van der Waals surface area (Å²) in [5.41, 5.74) is 0.274. The van der Waals surface area contributed by atoms with Gasteiger partial charge in [-0.05, 0) is 46.3 Å². The van der Waals surface area contributed by atoms with E-state index in [1.807, 2.05) is 24.3 Å². The number of carbonyl (C=O) groups is 1. The summed E-state index contributed by atoms with van der Waals surface area (Å²) in [7, 11) is 0. The Morgan fingerprint density at radius 1 is 1.26 bits per heavy atom. The summed E-state index contributed by atoms with van der Waals surface area (Å²) in [5, 5.41) is 12.9. The molecule has 116 valence electrons. The number of benzene rings is 1. The number of nitrogens with one attached hydrogen (secondary N) is 1. The summed E-state index contributed by atoms with van der Waals surface area (Å²) in [6.07, 6.45) is 1.75. The van der Waals surface area contributed by atoms with Gasteiger partial charge in [-0.2, -0.15) is 0 Å². The molecule has 0 bridgehead atoms. The summed E-state index contributed by atoms with van der Waals surface area (Å²) < 4.78 is 1.71. The van der Waals surface area contributed by atoms with Crippen LogP contribution in [-0.2, 0) is 0 Å². The Morgan fingerprint density at radius 3 is 2.87 bits per heavy atom. The minimum Gasteiger partial charge on any atom is -0.478 e. The molecule has 0 aliphatic carbocycles. The van der Waals surface area contributed by atoms with Gasteiger partial charge < -0.3 is 10.4 Å². The summed E-state index contributed by atoms with van der Waals surface area (Å²) in [6, 6.07) is 12.4. The van der Waals surface area contributed by atoms with E-state index in [0.29, 0.717) is 5.82 Å². The van der Waals surface area contributed by atoms with Gasteiger partial charge in [0.15, 0.2) is 5.13 Å². The van der Waals surface area contributed by atoms with Crippen molar-refractivity contribution in [3.63, 3.8) is 0 Å². The summed E-state index contributed by atoms with van der Waals surface area (Å²) in [6.45, 7) is 0. The van der Waals surface area contributed by atoms with Gasteiger partial charge in [-0.3, -0.25) is 0 Å². The van der Waals surface area contributed by atoms with E-state index < -0.39 is 5.97 Å². The van der Waals surface area contributed by atoms with Gasteiger partial charge in [-0.1, -0.05) is 35.2 Å². The number of anilines is 2. The van der Waals surface area contributed by atoms with Gasteiger partial charge >= 0.3 is 5.97 Å². The number of aromatic nitrogens is 2. The molecule has 0 spiro atoms. The third-order valence-electron chi connectivity index (χ3n) is 2.73. The van der Waals surface area contributed by atoms with Crippen LogP contribution in [0.3, 0.4) is 0 Å². The molecule has 0 amide bonds. The lowest BCUT2D eigenvalue weighted by Gasteiger charge is -2.01. The Morgan fingerprint density at radius 2 is 2.09 bits per heavy atom. The molecule has 3 rings (SSSR count). The highest BCUT2D eigenvalue weighted by Crippen LogP contribution is 2.35. The highest BCUT2D eigenvalue weighted by atomic mass is 79.9. The molecule has 0 radical (unpaired) electrons. The van der Waals surface area contributed by atoms with Gasteiger partial charge in [0.2, 0.25) is 0 Å². The zero-order valence-corrected chi connectivity index (χ0v) is 14.8.